The summed E-state index contributed by atoms with van der Waals surface area (Å²) in [5, 5.41) is 3.04. The molecule has 38 heavy (non-hydrogen) atoms. The molecule has 12 heteroatoms. The van der Waals surface area contributed by atoms with Crippen molar-refractivity contribution in [2.75, 3.05) is 29.9 Å². The fourth-order valence-corrected chi connectivity index (χ4v) is 5.82. The summed E-state index contributed by atoms with van der Waals surface area (Å²) in [5.74, 6) is -1.52. The number of halogens is 1. The molecule has 0 aliphatic carbocycles. The molecule has 3 aromatic carbocycles. The lowest BCUT2D eigenvalue weighted by atomic mass is 10.1. The van der Waals surface area contributed by atoms with E-state index in [1.807, 2.05) is 26.0 Å². The minimum absolute atomic E-state index is 0.0538. The molecule has 4 aromatic rings. The summed E-state index contributed by atoms with van der Waals surface area (Å²) in [6.45, 7) is 2.99. The number of sulfonamides is 1. The number of ether oxygens (including phenoxy) is 2. The number of carbonyl (C=O) groups excluding carboxylic acids is 2. The largest absolute Gasteiger partial charge is 0.482 e. The Morgan fingerprint density at radius 1 is 1.03 bits per heavy atom. The van der Waals surface area contributed by atoms with E-state index in [1.165, 1.54) is 54.8 Å². The lowest BCUT2D eigenvalue weighted by Crippen LogP contribution is -2.26. The Balaban J connectivity index is 1.26. The number of aryl methyl sites for hydroxylation is 2. The van der Waals surface area contributed by atoms with Gasteiger partial charge in [0.05, 0.1) is 20.8 Å². The van der Waals surface area contributed by atoms with Gasteiger partial charge in [-0.2, -0.15) is 0 Å². The molecule has 0 atom stereocenters. The third kappa shape index (κ3) is 6.26. The number of aromatic nitrogens is 1. The van der Waals surface area contributed by atoms with Crippen molar-refractivity contribution in [2.24, 2.45) is 0 Å². The summed E-state index contributed by atoms with van der Waals surface area (Å²) in [6.07, 6.45) is 0. The lowest BCUT2D eigenvalue weighted by Gasteiger charge is -2.19. The number of hydrogen-bond donors (Lipinski definition) is 1. The number of anilines is 2. The zero-order valence-electron chi connectivity index (χ0n) is 20.7. The molecule has 0 radical (unpaired) electrons. The Hall–Kier alpha value is -4.03. The van der Waals surface area contributed by atoms with Crippen LogP contribution in [0.4, 0.5) is 15.2 Å². The third-order valence-electron chi connectivity index (χ3n) is 5.47. The van der Waals surface area contributed by atoms with E-state index < -0.39 is 40.9 Å². The van der Waals surface area contributed by atoms with E-state index in [2.05, 4.69) is 10.3 Å². The van der Waals surface area contributed by atoms with E-state index in [4.69, 9.17) is 9.47 Å². The van der Waals surface area contributed by atoms with Gasteiger partial charge in [0.1, 0.15) is 11.6 Å². The summed E-state index contributed by atoms with van der Waals surface area (Å²) in [5.41, 5.74) is 3.25. The Bertz CT molecular complexity index is 1590. The third-order valence-corrected chi connectivity index (χ3v) is 8.19. The van der Waals surface area contributed by atoms with Gasteiger partial charge in [-0.05, 0) is 79.6 Å². The zero-order chi connectivity index (χ0) is 27.4. The van der Waals surface area contributed by atoms with Crippen LogP contribution in [-0.4, -0.2) is 45.5 Å². The minimum Gasteiger partial charge on any atom is -0.482 e. The predicted octanol–water partition coefficient (Wildman–Crippen LogP) is 4.44. The van der Waals surface area contributed by atoms with Crippen LogP contribution in [0.3, 0.4) is 0 Å². The van der Waals surface area contributed by atoms with E-state index in [1.54, 1.807) is 0 Å². The topological polar surface area (TPSA) is 115 Å². The molecule has 0 bridgehead atoms. The maximum Gasteiger partial charge on any atom is 0.344 e. The van der Waals surface area contributed by atoms with Crippen molar-refractivity contribution in [3.63, 3.8) is 0 Å². The number of nitrogens with zero attached hydrogens (tertiary/aromatic N) is 2. The van der Waals surface area contributed by atoms with Gasteiger partial charge >= 0.3 is 5.97 Å². The van der Waals surface area contributed by atoms with Crippen LogP contribution in [0.25, 0.3) is 10.2 Å². The van der Waals surface area contributed by atoms with Gasteiger partial charge in [-0.25, -0.2) is 22.6 Å². The lowest BCUT2D eigenvalue weighted by molar-refractivity contribution is -0.149. The van der Waals surface area contributed by atoms with Gasteiger partial charge in [-0.1, -0.05) is 17.4 Å². The Morgan fingerprint density at radius 3 is 2.39 bits per heavy atom. The first-order valence-corrected chi connectivity index (χ1v) is 13.6. The second kappa shape index (κ2) is 11.2. The van der Waals surface area contributed by atoms with Crippen LogP contribution < -0.4 is 14.4 Å². The quantitative estimate of drug-likeness (QED) is 0.303. The highest BCUT2D eigenvalue weighted by Crippen LogP contribution is 2.29. The number of carbonyl (C=O) groups is 2. The smallest absolute Gasteiger partial charge is 0.344 e. The molecular weight excluding hydrogens is 533 g/mol. The first-order valence-electron chi connectivity index (χ1n) is 11.3. The van der Waals surface area contributed by atoms with E-state index in [9.17, 15) is 22.4 Å². The van der Waals surface area contributed by atoms with Crippen LogP contribution in [0.15, 0.2) is 65.6 Å². The van der Waals surface area contributed by atoms with Crippen molar-refractivity contribution in [3.8, 4) is 5.75 Å². The Kier molecular flexibility index (Phi) is 7.93. The second-order valence-electron chi connectivity index (χ2n) is 8.37. The normalized spacial score (nSPS) is 11.3. The highest BCUT2D eigenvalue weighted by atomic mass is 32.2. The number of rotatable bonds is 9. The zero-order valence-corrected chi connectivity index (χ0v) is 22.4. The van der Waals surface area contributed by atoms with E-state index in [0.29, 0.717) is 16.6 Å². The molecule has 1 heterocycles. The van der Waals surface area contributed by atoms with E-state index in [-0.39, 0.29) is 4.90 Å². The molecule has 0 saturated carbocycles. The fraction of sp³-hybridized carbons (Fsp3) is 0.192. The highest BCUT2D eigenvalue weighted by Gasteiger charge is 2.21. The van der Waals surface area contributed by atoms with Crippen molar-refractivity contribution in [1.29, 1.82) is 0 Å². The number of nitrogens with one attached hydrogen (secondary N) is 1. The summed E-state index contributed by atoms with van der Waals surface area (Å²) in [4.78, 5) is 28.6. The minimum atomic E-state index is -3.89. The van der Waals surface area contributed by atoms with Crippen molar-refractivity contribution in [3.05, 3.63) is 77.6 Å². The van der Waals surface area contributed by atoms with Crippen molar-refractivity contribution in [1.82, 2.24) is 4.98 Å². The number of amides is 1. The molecular formula is C26H24FN3O6S2. The number of esters is 1. The molecule has 0 aliphatic heterocycles. The number of benzene rings is 3. The van der Waals surface area contributed by atoms with Crippen LogP contribution in [0.2, 0.25) is 0 Å². The van der Waals surface area contributed by atoms with Gasteiger partial charge in [-0.15, -0.1) is 0 Å². The molecule has 0 spiro atoms. The molecule has 0 fully saturated rings. The number of hydrogen-bond acceptors (Lipinski definition) is 8. The van der Waals surface area contributed by atoms with Crippen LogP contribution in [0, 0.1) is 19.7 Å². The van der Waals surface area contributed by atoms with Gasteiger partial charge in [0.15, 0.2) is 18.3 Å². The van der Waals surface area contributed by atoms with Crippen LogP contribution in [0.1, 0.15) is 11.1 Å². The molecule has 198 valence electrons. The maximum atomic E-state index is 13.1. The number of fused-ring (bicyclic) bond motifs is 1. The summed E-state index contributed by atoms with van der Waals surface area (Å²) >= 11 is 1.34. The molecule has 9 nitrogen and oxygen atoms in total. The van der Waals surface area contributed by atoms with Crippen LogP contribution >= 0.6 is 11.3 Å². The average molecular weight is 558 g/mol. The van der Waals surface area contributed by atoms with Gasteiger partial charge in [0.25, 0.3) is 15.9 Å². The highest BCUT2D eigenvalue weighted by molar-refractivity contribution is 7.92. The molecule has 1 aromatic heterocycles. The molecule has 4 rings (SSSR count). The molecule has 0 unspecified atom stereocenters. The van der Waals surface area contributed by atoms with Crippen molar-refractivity contribution >= 4 is 54.3 Å². The van der Waals surface area contributed by atoms with Crippen molar-refractivity contribution < 1.29 is 31.9 Å². The van der Waals surface area contributed by atoms with Crippen LogP contribution in [0.5, 0.6) is 5.75 Å². The monoisotopic (exact) mass is 557 g/mol. The second-order valence-corrected chi connectivity index (χ2v) is 11.4. The average Bonchev–Trinajstić information content (AvgIpc) is 3.28. The van der Waals surface area contributed by atoms with E-state index >= 15 is 0 Å². The first kappa shape index (κ1) is 27.0. The fourth-order valence-electron chi connectivity index (χ4n) is 3.57. The molecule has 1 N–H and O–H groups in total. The van der Waals surface area contributed by atoms with Gasteiger partial charge in [0, 0.05) is 7.05 Å². The first-order chi connectivity index (χ1) is 18.0. The molecule has 1 amide bonds. The SMILES string of the molecule is Cc1cc(C)c2nc(NC(=O)COC(=O)COc3ccc(N(C)S(=O)(=O)c4ccc(F)cc4)cc3)sc2c1. The summed E-state index contributed by atoms with van der Waals surface area (Å²) in [7, 11) is -2.52. The van der Waals surface area contributed by atoms with Crippen LogP contribution in [-0.2, 0) is 24.3 Å². The standard InChI is InChI=1S/C26H24FN3O6S2/c1-16-12-17(2)25-22(13-16)37-26(29-25)28-23(31)14-36-24(32)15-35-20-8-6-19(7-9-20)30(3)38(33,34)21-10-4-18(27)5-11-21/h4-13H,14-15H2,1-3H3,(H,28,29,31). The van der Waals surface area contributed by atoms with Gasteiger partial charge in [-0.3, -0.25) is 14.4 Å². The molecule has 0 aliphatic rings. The summed E-state index contributed by atoms with van der Waals surface area (Å²) < 4.78 is 50.9. The maximum absolute atomic E-state index is 13.1. The van der Waals surface area contributed by atoms with Gasteiger partial charge < -0.3 is 9.47 Å². The summed E-state index contributed by atoms with van der Waals surface area (Å²) in [6, 6.07) is 14.5. The molecule has 0 saturated heterocycles. The number of thiazole rings is 1. The Labute approximate surface area is 222 Å². The predicted molar refractivity (Wildman–Crippen MR) is 143 cm³/mol. The van der Waals surface area contributed by atoms with Crippen molar-refractivity contribution in [2.45, 2.75) is 18.7 Å². The Morgan fingerprint density at radius 2 is 1.71 bits per heavy atom. The van der Waals surface area contributed by atoms with Gasteiger partial charge in [0.2, 0.25) is 0 Å². The van der Waals surface area contributed by atoms with E-state index in [0.717, 1.165) is 37.8 Å².